The molecule has 0 saturated heterocycles. The first-order valence-electron chi connectivity index (χ1n) is 10.1. The second kappa shape index (κ2) is 9.13. The van der Waals surface area contributed by atoms with Crippen LogP contribution in [0.2, 0.25) is 5.02 Å². The summed E-state index contributed by atoms with van der Waals surface area (Å²) in [5.41, 5.74) is 2.25. The van der Waals surface area contributed by atoms with E-state index in [4.69, 9.17) is 11.6 Å². The van der Waals surface area contributed by atoms with Gasteiger partial charge in [-0.3, -0.25) is 0 Å². The molecule has 0 radical (unpaired) electrons. The lowest BCUT2D eigenvalue weighted by atomic mass is 10.0. The normalized spacial score (nSPS) is 13.6. The average Bonchev–Trinajstić information content (AvgIpc) is 3.35. The largest absolute Gasteiger partial charge is 0.393 e. The zero-order chi connectivity index (χ0) is 22.0. The summed E-state index contributed by atoms with van der Waals surface area (Å²) in [4.78, 5) is 0. The summed E-state index contributed by atoms with van der Waals surface area (Å²) < 4.78 is 18.1. The van der Waals surface area contributed by atoms with Gasteiger partial charge in [0, 0.05) is 23.8 Å². The summed E-state index contributed by atoms with van der Waals surface area (Å²) in [5, 5.41) is 26.6. The number of aromatic nitrogens is 5. The maximum atomic E-state index is 14.6. The van der Waals surface area contributed by atoms with Crippen LogP contribution in [0.5, 0.6) is 0 Å². The van der Waals surface area contributed by atoms with Crippen molar-refractivity contribution in [2.24, 2.45) is 7.05 Å². The molecule has 0 aliphatic carbocycles. The molecule has 0 aliphatic heterocycles. The van der Waals surface area contributed by atoms with E-state index in [-0.39, 0.29) is 17.8 Å². The highest BCUT2D eigenvalue weighted by molar-refractivity contribution is 6.30. The topological polar surface area (TPSA) is 80.8 Å². The summed E-state index contributed by atoms with van der Waals surface area (Å²) in [7, 11) is 1.99. The van der Waals surface area contributed by atoms with E-state index in [1.54, 1.807) is 19.1 Å². The van der Waals surface area contributed by atoms with Crippen LogP contribution in [0.15, 0.2) is 48.7 Å². The van der Waals surface area contributed by atoms with E-state index < -0.39 is 5.82 Å². The van der Waals surface area contributed by atoms with Crippen LogP contribution in [0.25, 0.3) is 16.6 Å². The van der Waals surface area contributed by atoms with Crippen molar-refractivity contribution in [2.75, 3.05) is 6.54 Å². The SMILES string of the molecule is CC(O)CCCNC(c1ccc2ccn(C)c2c1)c1nnnn1-c1ccc(Cl)cc1F. The lowest BCUT2D eigenvalue weighted by molar-refractivity contribution is 0.181. The van der Waals surface area contributed by atoms with Gasteiger partial charge in [0.05, 0.1) is 12.1 Å². The van der Waals surface area contributed by atoms with Gasteiger partial charge >= 0.3 is 0 Å². The van der Waals surface area contributed by atoms with Crippen LogP contribution in [0.3, 0.4) is 0 Å². The van der Waals surface area contributed by atoms with Crippen molar-refractivity contribution < 1.29 is 9.50 Å². The molecule has 9 heteroatoms. The second-order valence-corrected chi connectivity index (χ2v) is 8.10. The minimum absolute atomic E-state index is 0.222. The number of rotatable bonds is 8. The Kier molecular flexibility index (Phi) is 6.31. The smallest absolute Gasteiger partial charge is 0.178 e. The van der Waals surface area contributed by atoms with Gasteiger partial charge < -0.3 is 15.0 Å². The zero-order valence-corrected chi connectivity index (χ0v) is 18.1. The van der Waals surface area contributed by atoms with Crippen LogP contribution in [-0.4, -0.2) is 42.5 Å². The molecular weight excluding hydrogens is 419 g/mol. The molecule has 2 N–H and O–H groups in total. The fourth-order valence-corrected chi connectivity index (χ4v) is 3.82. The third kappa shape index (κ3) is 4.61. The number of nitrogens with one attached hydrogen (secondary N) is 1. The predicted molar refractivity (Wildman–Crippen MR) is 118 cm³/mol. The first kappa shape index (κ1) is 21.4. The van der Waals surface area contributed by atoms with E-state index in [2.05, 4.69) is 33.0 Å². The van der Waals surface area contributed by atoms with Crippen LogP contribution in [0.1, 0.15) is 37.2 Å². The Morgan fingerprint density at radius 2 is 2.03 bits per heavy atom. The van der Waals surface area contributed by atoms with Gasteiger partial charge in [0.15, 0.2) is 5.82 Å². The number of benzene rings is 2. The highest BCUT2D eigenvalue weighted by Gasteiger charge is 2.24. The molecule has 0 fully saturated rings. The first-order chi connectivity index (χ1) is 14.9. The van der Waals surface area contributed by atoms with Crippen LogP contribution in [0, 0.1) is 5.82 Å². The van der Waals surface area contributed by atoms with Crippen molar-refractivity contribution in [3.8, 4) is 5.69 Å². The van der Waals surface area contributed by atoms with E-state index in [1.165, 1.54) is 10.7 Å². The van der Waals surface area contributed by atoms with E-state index in [9.17, 15) is 9.50 Å². The second-order valence-electron chi connectivity index (χ2n) is 7.67. The summed E-state index contributed by atoms with van der Waals surface area (Å²) in [6.07, 6.45) is 3.09. The molecule has 2 unspecified atom stereocenters. The molecule has 0 saturated carbocycles. The van der Waals surface area contributed by atoms with Gasteiger partial charge in [-0.1, -0.05) is 23.7 Å². The Labute approximate surface area is 184 Å². The van der Waals surface area contributed by atoms with Gasteiger partial charge in [0.2, 0.25) is 0 Å². The molecule has 7 nitrogen and oxygen atoms in total. The monoisotopic (exact) mass is 442 g/mol. The third-order valence-electron chi connectivity index (χ3n) is 5.28. The molecule has 4 rings (SSSR count). The van der Waals surface area contributed by atoms with Crippen LogP contribution in [0.4, 0.5) is 4.39 Å². The molecule has 2 aromatic carbocycles. The van der Waals surface area contributed by atoms with Crippen LogP contribution in [-0.2, 0) is 7.05 Å². The number of hydrogen-bond donors (Lipinski definition) is 2. The number of hydrogen-bond acceptors (Lipinski definition) is 5. The minimum Gasteiger partial charge on any atom is -0.393 e. The Balaban J connectivity index is 1.74. The molecule has 0 bridgehead atoms. The molecule has 2 aromatic heterocycles. The number of aliphatic hydroxyl groups excluding tert-OH is 1. The van der Waals surface area contributed by atoms with Crippen LogP contribution < -0.4 is 5.32 Å². The lowest BCUT2D eigenvalue weighted by Gasteiger charge is -2.19. The molecule has 162 valence electrons. The highest BCUT2D eigenvalue weighted by atomic mass is 35.5. The van der Waals surface area contributed by atoms with E-state index >= 15 is 0 Å². The zero-order valence-electron chi connectivity index (χ0n) is 17.3. The Hall–Kier alpha value is -2.81. The van der Waals surface area contributed by atoms with Gasteiger partial charge in [-0.2, -0.15) is 4.68 Å². The molecule has 31 heavy (non-hydrogen) atoms. The van der Waals surface area contributed by atoms with Crippen molar-refractivity contribution in [2.45, 2.75) is 31.9 Å². The maximum absolute atomic E-state index is 14.6. The molecule has 0 aliphatic rings. The van der Waals surface area contributed by atoms with E-state index in [0.717, 1.165) is 22.9 Å². The van der Waals surface area contributed by atoms with Gasteiger partial charge in [0.25, 0.3) is 0 Å². The molecule has 2 atom stereocenters. The van der Waals surface area contributed by atoms with Crippen molar-refractivity contribution >= 4 is 22.5 Å². The standard InChI is InChI=1S/C22H24ClFN6O/c1-14(31)4-3-10-25-21(16-6-5-15-9-11-29(2)20(15)12-16)22-26-27-28-30(22)19-8-7-17(23)13-18(19)24/h5-9,11-14,21,25,31H,3-4,10H2,1-2H3. The number of aryl methyl sites for hydroxylation is 1. The summed E-state index contributed by atoms with van der Waals surface area (Å²) in [5.74, 6) is -0.0429. The lowest BCUT2D eigenvalue weighted by Crippen LogP contribution is -2.27. The molecule has 0 spiro atoms. The Morgan fingerprint density at radius 1 is 1.19 bits per heavy atom. The van der Waals surface area contributed by atoms with Crippen molar-refractivity contribution in [1.82, 2.24) is 30.1 Å². The number of aliphatic hydroxyl groups is 1. The van der Waals surface area contributed by atoms with E-state index in [0.29, 0.717) is 23.8 Å². The number of nitrogens with zero attached hydrogens (tertiary/aromatic N) is 5. The third-order valence-corrected chi connectivity index (χ3v) is 5.52. The summed E-state index contributed by atoms with van der Waals surface area (Å²) in [6, 6.07) is 12.2. The summed E-state index contributed by atoms with van der Waals surface area (Å²) in [6.45, 7) is 2.40. The Morgan fingerprint density at radius 3 is 2.81 bits per heavy atom. The van der Waals surface area contributed by atoms with Gasteiger partial charge in [0.1, 0.15) is 11.5 Å². The molecular formula is C22H24ClFN6O. The predicted octanol–water partition coefficient (Wildman–Crippen LogP) is 3.79. The van der Waals surface area contributed by atoms with Crippen molar-refractivity contribution in [1.29, 1.82) is 0 Å². The average molecular weight is 443 g/mol. The van der Waals surface area contributed by atoms with Crippen molar-refractivity contribution in [3.63, 3.8) is 0 Å². The molecule has 0 amide bonds. The number of halogens is 2. The van der Waals surface area contributed by atoms with E-state index in [1.807, 2.05) is 29.9 Å². The first-order valence-corrected chi connectivity index (χ1v) is 10.5. The minimum atomic E-state index is -0.508. The maximum Gasteiger partial charge on any atom is 0.178 e. The molecule has 2 heterocycles. The van der Waals surface area contributed by atoms with Gasteiger partial charge in [-0.05, 0) is 78.0 Å². The summed E-state index contributed by atoms with van der Waals surface area (Å²) >= 11 is 5.91. The fourth-order valence-electron chi connectivity index (χ4n) is 3.66. The number of fused-ring (bicyclic) bond motifs is 1. The van der Waals surface area contributed by atoms with Crippen LogP contribution >= 0.6 is 11.6 Å². The van der Waals surface area contributed by atoms with Gasteiger partial charge in [-0.25, -0.2) is 4.39 Å². The fraction of sp³-hybridized carbons (Fsp3) is 0.318. The number of tetrazole rings is 1. The van der Waals surface area contributed by atoms with Gasteiger partial charge in [-0.15, -0.1) is 5.10 Å². The molecule has 4 aromatic rings. The van der Waals surface area contributed by atoms with Crippen molar-refractivity contribution in [3.05, 3.63) is 70.9 Å². The quantitative estimate of drug-likeness (QED) is 0.406. The Bertz CT molecular complexity index is 1190. The highest BCUT2D eigenvalue weighted by Crippen LogP contribution is 2.27.